The third kappa shape index (κ3) is 2.63. The number of rotatable bonds is 4. The van der Waals surface area contributed by atoms with E-state index in [9.17, 15) is 0 Å². The molecule has 1 aromatic carbocycles. The molecule has 0 spiro atoms. The zero-order chi connectivity index (χ0) is 10.7. The minimum absolute atomic E-state index is 0.589. The fraction of sp³-hybridized carbons (Fsp3) is 0.417. The zero-order valence-corrected chi connectivity index (χ0v) is 8.57. The maximum atomic E-state index is 8.73. The molecule has 1 aromatic rings. The van der Waals surface area contributed by atoms with Crippen molar-refractivity contribution in [2.45, 2.75) is 19.3 Å². The first-order chi connectivity index (χ1) is 7.29. The lowest BCUT2D eigenvalue weighted by molar-refractivity contribution is 0.304. The van der Waals surface area contributed by atoms with Crippen LogP contribution in [-0.4, -0.2) is 6.61 Å². The Hall–Kier alpha value is -1.69. The molecule has 0 atom stereocenters. The maximum Gasteiger partial charge on any atom is 0.143 e. The highest BCUT2D eigenvalue weighted by molar-refractivity contribution is 5.55. The molecule has 0 aliphatic heterocycles. The topological polar surface area (TPSA) is 59.0 Å². The van der Waals surface area contributed by atoms with Gasteiger partial charge in [0.1, 0.15) is 5.75 Å². The molecule has 0 unspecified atom stereocenters. The molecule has 2 rings (SSSR count). The second-order valence-electron chi connectivity index (χ2n) is 3.94. The molecule has 0 amide bonds. The molecule has 0 heterocycles. The number of nitrogen functional groups attached to an aromatic ring is 1. The van der Waals surface area contributed by atoms with Crippen molar-refractivity contribution in [1.29, 1.82) is 5.26 Å². The highest BCUT2D eigenvalue weighted by Gasteiger charge is 2.20. The van der Waals surface area contributed by atoms with E-state index in [1.165, 1.54) is 12.8 Å². The van der Waals surface area contributed by atoms with Crippen molar-refractivity contribution in [1.82, 2.24) is 0 Å². The van der Waals surface area contributed by atoms with Crippen LogP contribution < -0.4 is 10.5 Å². The van der Waals surface area contributed by atoms with Crippen molar-refractivity contribution in [3.05, 3.63) is 23.8 Å². The molecule has 0 bridgehead atoms. The molecular formula is C12H14N2O. The van der Waals surface area contributed by atoms with Crippen LogP contribution in [0.2, 0.25) is 0 Å². The van der Waals surface area contributed by atoms with Gasteiger partial charge in [0.2, 0.25) is 0 Å². The van der Waals surface area contributed by atoms with Crippen LogP contribution in [-0.2, 0) is 0 Å². The van der Waals surface area contributed by atoms with E-state index in [1.54, 1.807) is 18.2 Å². The number of nitrogens with two attached hydrogens (primary N) is 1. The average Bonchev–Trinajstić information content (AvgIpc) is 3.05. The van der Waals surface area contributed by atoms with Gasteiger partial charge in [-0.25, -0.2) is 0 Å². The molecule has 0 aromatic heterocycles. The summed E-state index contributed by atoms with van der Waals surface area (Å²) in [6.45, 7) is 0.698. The van der Waals surface area contributed by atoms with E-state index in [1.807, 2.05) is 0 Å². The Labute approximate surface area is 89.5 Å². The minimum atomic E-state index is 0.589. The molecule has 2 N–H and O–H groups in total. The number of nitrogens with zero attached hydrogens (tertiary/aromatic N) is 1. The number of hydrogen-bond donors (Lipinski definition) is 1. The number of benzene rings is 1. The summed E-state index contributed by atoms with van der Waals surface area (Å²) < 4.78 is 5.55. The zero-order valence-electron chi connectivity index (χ0n) is 8.57. The van der Waals surface area contributed by atoms with Crippen molar-refractivity contribution in [3.63, 3.8) is 0 Å². The predicted molar refractivity (Wildman–Crippen MR) is 58.4 cm³/mol. The molecule has 0 saturated heterocycles. The first-order valence-corrected chi connectivity index (χ1v) is 5.22. The van der Waals surface area contributed by atoms with Gasteiger partial charge in [0.25, 0.3) is 0 Å². The van der Waals surface area contributed by atoms with Gasteiger partial charge in [0.15, 0.2) is 0 Å². The van der Waals surface area contributed by atoms with Crippen molar-refractivity contribution < 1.29 is 4.74 Å². The normalized spacial score (nSPS) is 14.6. The molecule has 1 aliphatic rings. The summed E-state index contributed by atoms with van der Waals surface area (Å²) in [5.41, 5.74) is 6.93. The molecule has 1 fully saturated rings. The molecule has 0 radical (unpaired) electrons. The Kier molecular flexibility index (Phi) is 2.77. The minimum Gasteiger partial charge on any atom is -0.491 e. The van der Waals surface area contributed by atoms with Gasteiger partial charge in [-0.05, 0) is 24.5 Å². The van der Waals surface area contributed by atoms with E-state index in [0.29, 0.717) is 23.6 Å². The Morgan fingerprint density at radius 3 is 2.93 bits per heavy atom. The molecular weight excluding hydrogens is 188 g/mol. The lowest BCUT2D eigenvalue weighted by Crippen LogP contribution is -2.01. The molecule has 1 aliphatic carbocycles. The van der Waals surface area contributed by atoms with Crippen LogP contribution in [0.3, 0.4) is 0 Å². The summed E-state index contributed by atoms with van der Waals surface area (Å²) >= 11 is 0. The molecule has 3 nitrogen and oxygen atoms in total. The lowest BCUT2D eigenvalue weighted by atomic mass is 10.2. The van der Waals surface area contributed by atoms with Gasteiger partial charge in [-0.3, -0.25) is 0 Å². The van der Waals surface area contributed by atoms with Crippen molar-refractivity contribution in [2.24, 2.45) is 5.92 Å². The van der Waals surface area contributed by atoms with Crippen LogP contribution in [0.1, 0.15) is 24.8 Å². The van der Waals surface area contributed by atoms with Crippen LogP contribution in [0.25, 0.3) is 0 Å². The Bertz CT molecular complexity index is 391. The summed E-state index contributed by atoms with van der Waals surface area (Å²) in [4.78, 5) is 0. The quantitative estimate of drug-likeness (QED) is 0.762. The van der Waals surface area contributed by atoms with Gasteiger partial charge in [0.05, 0.1) is 23.9 Å². The van der Waals surface area contributed by atoms with Gasteiger partial charge in [-0.2, -0.15) is 5.26 Å². The second kappa shape index (κ2) is 4.22. The van der Waals surface area contributed by atoms with Gasteiger partial charge >= 0.3 is 0 Å². The smallest absolute Gasteiger partial charge is 0.143 e. The number of hydrogen-bond acceptors (Lipinski definition) is 3. The van der Waals surface area contributed by atoms with Crippen LogP contribution in [0.5, 0.6) is 5.75 Å². The van der Waals surface area contributed by atoms with Gasteiger partial charge < -0.3 is 10.5 Å². The van der Waals surface area contributed by atoms with Crippen molar-refractivity contribution in [3.8, 4) is 11.8 Å². The summed E-state index contributed by atoms with van der Waals surface area (Å²) in [6, 6.07) is 7.18. The van der Waals surface area contributed by atoms with E-state index in [4.69, 9.17) is 15.7 Å². The lowest BCUT2D eigenvalue weighted by Gasteiger charge is -2.08. The Balaban J connectivity index is 1.95. The number of nitriles is 1. The number of anilines is 1. The summed E-state index contributed by atoms with van der Waals surface area (Å²) in [7, 11) is 0. The van der Waals surface area contributed by atoms with Crippen molar-refractivity contribution in [2.75, 3.05) is 12.3 Å². The monoisotopic (exact) mass is 202 g/mol. The van der Waals surface area contributed by atoms with Crippen LogP contribution >= 0.6 is 0 Å². The third-order valence-corrected chi connectivity index (χ3v) is 2.62. The average molecular weight is 202 g/mol. The largest absolute Gasteiger partial charge is 0.491 e. The highest BCUT2D eigenvalue weighted by Crippen LogP contribution is 2.32. The Morgan fingerprint density at radius 1 is 1.47 bits per heavy atom. The molecule has 1 saturated carbocycles. The van der Waals surface area contributed by atoms with E-state index >= 15 is 0 Å². The summed E-state index contributed by atoms with van der Waals surface area (Å²) in [5.74, 6) is 1.49. The standard InChI is InChI=1S/C12H14N2O/c13-8-10-3-4-11(14)12(7-10)15-6-5-9-1-2-9/h3-4,7,9H,1-2,5-6,14H2. The van der Waals surface area contributed by atoms with Crippen molar-refractivity contribution >= 4 is 5.69 Å². The Morgan fingerprint density at radius 2 is 2.27 bits per heavy atom. The van der Waals surface area contributed by atoms with Crippen LogP contribution in [0.4, 0.5) is 5.69 Å². The highest BCUT2D eigenvalue weighted by atomic mass is 16.5. The molecule has 15 heavy (non-hydrogen) atoms. The summed E-state index contributed by atoms with van der Waals surface area (Å²) in [6.07, 6.45) is 3.75. The molecule has 3 heteroatoms. The molecule has 78 valence electrons. The van der Waals surface area contributed by atoms with E-state index < -0.39 is 0 Å². The number of ether oxygens (including phenoxy) is 1. The van der Waals surface area contributed by atoms with Crippen LogP contribution in [0.15, 0.2) is 18.2 Å². The van der Waals surface area contributed by atoms with Gasteiger partial charge in [-0.1, -0.05) is 12.8 Å². The summed E-state index contributed by atoms with van der Waals surface area (Å²) in [5, 5.41) is 8.73. The fourth-order valence-corrected chi connectivity index (χ4v) is 1.47. The van der Waals surface area contributed by atoms with E-state index in [2.05, 4.69) is 6.07 Å². The first-order valence-electron chi connectivity index (χ1n) is 5.22. The van der Waals surface area contributed by atoms with Crippen LogP contribution in [0, 0.1) is 17.2 Å². The third-order valence-electron chi connectivity index (χ3n) is 2.62. The SMILES string of the molecule is N#Cc1ccc(N)c(OCCC2CC2)c1. The second-order valence-corrected chi connectivity index (χ2v) is 3.94. The van der Waals surface area contributed by atoms with E-state index in [0.717, 1.165) is 12.3 Å². The van der Waals surface area contributed by atoms with Gasteiger partial charge in [-0.15, -0.1) is 0 Å². The van der Waals surface area contributed by atoms with E-state index in [-0.39, 0.29) is 0 Å². The van der Waals surface area contributed by atoms with Gasteiger partial charge in [0, 0.05) is 6.07 Å². The fourth-order valence-electron chi connectivity index (χ4n) is 1.47. The predicted octanol–water partition coefficient (Wildman–Crippen LogP) is 2.32. The maximum absolute atomic E-state index is 8.73. The first kappa shape index (κ1) is 9.85.